The minimum atomic E-state index is -3.78. The molecule has 0 unspecified atom stereocenters. The van der Waals surface area contributed by atoms with E-state index >= 15 is 0 Å². The van der Waals surface area contributed by atoms with Crippen LogP contribution in [-0.4, -0.2) is 36.5 Å². The monoisotopic (exact) mass is 409 g/mol. The first-order valence-corrected chi connectivity index (χ1v) is 11.1. The number of nitrogens with zero attached hydrogens (tertiary/aromatic N) is 3. The average Bonchev–Trinajstić information content (AvgIpc) is 3.36. The van der Waals surface area contributed by atoms with Gasteiger partial charge in [0.05, 0.1) is 16.1 Å². The highest BCUT2D eigenvalue weighted by Gasteiger charge is 2.31. The minimum absolute atomic E-state index is 0.154. The number of hydrogen-bond donors (Lipinski definition) is 2. The topological polar surface area (TPSA) is 99.8 Å². The van der Waals surface area contributed by atoms with Crippen LogP contribution in [0, 0.1) is 23.2 Å². The Bertz CT molecular complexity index is 1180. The molecule has 8 heteroatoms. The SMILES string of the molecule is CC(C)[C@H]1CNC[C@H]1Nc1c(C#N)cnc2c1ccn2S(=O)(=O)c1ccccc1. The fourth-order valence-electron chi connectivity index (χ4n) is 3.95. The van der Waals surface area contributed by atoms with Crippen LogP contribution in [0.15, 0.2) is 53.7 Å². The lowest BCUT2D eigenvalue weighted by molar-refractivity contribution is 0.395. The fourth-order valence-corrected chi connectivity index (χ4v) is 5.27. The molecule has 0 bridgehead atoms. The van der Waals surface area contributed by atoms with E-state index in [9.17, 15) is 13.7 Å². The molecule has 0 amide bonds. The Balaban J connectivity index is 1.81. The second-order valence-corrected chi connectivity index (χ2v) is 9.46. The summed E-state index contributed by atoms with van der Waals surface area (Å²) in [6.07, 6.45) is 2.94. The van der Waals surface area contributed by atoms with Crippen molar-refractivity contribution in [1.82, 2.24) is 14.3 Å². The lowest BCUT2D eigenvalue weighted by Crippen LogP contribution is -2.31. The molecule has 0 aliphatic carbocycles. The molecule has 1 aliphatic rings. The number of hydrogen-bond acceptors (Lipinski definition) is 6. The quantitative estimate of drug-likeness (QED) is 0.672. The van der Waals surface area contributed by atoms with Crippen LogP contribution in [0.2, 0.25) is 0 Å². The van der Waals surface area contributed by atoms with Crippen molar-refractivity contribution in [2.75, 3.05) is 18.4 Å². The Morgan fingerprint density at radius 2 is 2.00 bits per heavy atom. The van der Waals surface area contributed by atoms with Gasteiger partial charge in [-0.1, -0.05) is 32.0 Å². The first-order valence-electron chi connectivity index (χ1n) is 9.61. The fraction of sp³-hybridized carbons (Fsp3) is 0.333. The number of pyridine rings is 1. The van der Waals surface area contributed by atoms with Crippen LogP contribution in [0.5, 0.6) is 0 Å². The molecule has 1 fully saturated rings. The van der Waals surface area contributed by atoms with Gasteiger partial charge in [-0.3, -0.25) is 0 Å². The van der Waals surface area contributed by atoms with Gasteiger partial charge in [0, 0.05) is 36.9 Å². The molecule has 7 nitrogen and oxygen atoms in total. The molecule has 2 atom stereocenters. The van der Waals surface area contributed by atoms with Gasteiger partial charge in [-0.25, -0.2) is 17.4 Å². The van der Waals surface area contributed by atoms with Gasteiger partial charge in [0.1, 0.15) is 6.07 Å². The molecule has 0 spiro atoms. The number of benzene rings is 1. The molecular weight excluding hydrogens is 386 g/mol. The second-order valence-electron chi connectivity index (χ2n) is 7.64. The van der Waals surface area contributed by atoms with Crippen molar-refractivity contribution in [2.45, 2.75) is 24.8 Å². The molecule has 1 saturated heterocycles. The van der Waals surface area contributed by atoms with Gasteiger partial charge >= 0.3 is 0 Å². The molecule has 3 aromatic rings. The molecule has 29 heavy (non-hydrogen) atoms. The zero-order chi connectivity index (χ0) is 20.6. The van der Waals surface area contributed by atoms with Gasteiger partial charge in [-0.15, -0.1) is 0 Å². The van der Waals surface area contributed by atoms with Gasteiger partial charge < -0.3 is 10.6 Å². The summed E-state index contributed by atoms with van der Waals surface area (Å²) in [5.41, 5.74) is 1.35. The largest absolute Gasteiger partial charge is 0.379 e. The Labute approximate surface area is 170 Å². The van der Waals surface area contributed by atoms with E-state index in [1.54, 1.807) is 36.4 Å². The van der Waals surface area contributed by atoms with Crippen LogP contribution in [0.4, 0.5) is 5.69 Å². The predicted octanol–water partition coefficient (Wildman–Crippen LogP) is 2.80. The number of nitriles is 1. The van der Waals surface area contributed by atoms with Crippen molar-refractivity contribution < 1.29 is 8.42 Å². The van der Waals surface area contributed by atoms with E-state index in [0.717, 1.165) is 13.1 Å². The van der Waals surface area contributed by atoms with E-state index < -0.39 is 10.0 Å². The van der Waals surface area contributed by atoms with E-state index in [1.165, 1.54) is 16.4 Å². The Morgan fingerprint density at radius 3 is 2.69 bits per heavy atom. The third-order valence-corrected chi connectivity index (χ3v) is 7.23. The number of rotatable bonds is 5. The highest BCUT2D eigenvalue weighted by molar-refractivity contribution is 7.90. The zero-order valence-electron chi connectivity index (χ0n) is 16.3. The lowest BCUT2D eigenvalue weighted by Gasteiger charge is -2.24. The zero-order valence-corrected chi connectivity index (χ0v) is 17.1. The summed E-state index contributed by atoms with van der Waals surface area (Å²) in [6.45, 7) is 6.07. The van der Waals surface area contributed by atoms with Crippen molar-refractivity contribution in [3.8, 4) is 6.07 Å². The number of nitrogens with one attached hydrogen (secondary N) is 2. The first-order chi connectivity index (χ1) is 13.9. The third-order valence-electron chi connectivity index (χ3n) is 5.55. The summed E-state index contributed by atoms with van der Waals surface area (Å²) in [5.74, 6) is 0.897. The number of aromatic nitrogens is 2. The Morgan fingerprint density at radius 1 is 1.24 bits per heavy atom. The number of anilines is 1. The van der Waals surface area contributed by atoms with E-state index in [4.69, 9.17) is 0 Å². The molecule has 3 heterocycles. The smallest absolute Gasteiger partial charge is 0.269 e. The molecule has 0 saturated carbocycles. The van der Waals surface area contributed by atoms with E-state index in [2.05, 4.69) is 35.5 Å². The van der Waals surface area contributed by atoms with Crippen molar-refractivity contribution in [3.63, 3.8) is 0 Å². The van der Waals surface area contributed by atoms with E-state index in [0.29, 0.717) is 34.1 Å². The Hall–Kier alpha value is -2.89. The molecule has 2 N–H and O–H groups in total. The summed E-state index contributed by atoms with van der Waals surface area (Å²) >= 11 is 0. The summed E-state index contributed by atoms with van der Waals surface area (Å²) in [7, 11) is -3.78. The lowest BCUT2D eigenvalue weighted by atomic mass is 9.91. The van der Waals surface area contributed by atoms with Crippen LogP contribution in [0.25, 0.3) is 11.0 Å². The number of fused-ring (bicyclic) bond motifs is 1. The third kappa shape index (κ3) is 3.37. The summed E-state index contributed by atoms with van der Waals surface area (Å²) < 4.78 is 27.4. The average molecular weight is 410 g/mol. The van der Waals surface area contributed by atoms with Crippen molar-refractivity contribution in [1.29, 1.82) is 5.26 Å². The summed E-state index contributed by atoms with van der Waals surface area (Å²) in [5, 5.41) is 17.1. The molecule has 0 radical (unpaired) electrons. The minimum Gasteiger partial charge on any atom is -0.379 e. The first kappa shape index (κ1) is 19.4. The normalized spacial score (nSPS) is 19.5. The molecule has 1 aromatic carbocycles. The van der Waals surface area contributed by atoms with Crippen LogP contribution in [-0.2, 0) is 10.0 Å². The van der Waals surface area contributed by atoms with Crippen molar-refractivity contribution in [2.24, 2.45) is 11.8 Å². The summed E-state index contributed by atoms with van der Waals surface area (Å²) in [4.78, 5) is 4.49. The van der Waals surface area contributed by atoms with Gasteiger partial charge in [0.15, 0.2) is 5.65 Å². The molecule has 4 rings (SSSR count). The highest BCUT2D eigenvalue weighted by atomic mass is 32.2. The molecule has 1 aliphatic heterocycles. The maximum atomic E-state index is 13.1. The Kier molecular flexibility index (Phi) is 5.03. The van der Waals surface area contributed by atoms with E-state index in [1.807, 2.05) is 0 Å². The highest BCUT2D eigenvalue weighted by Crippen LogP contribution is 2.31. The van der Waals surface area contributed by atoms with Crippen LogP contribution in [0.3, 0.4) is 0 Å². The van der Waals surface area contributed by atoms with Crippen LogP contribution in [0.1, 0.15) is 19.4 Å². The standard InChI is InChI=1S/C21H23N5O2S/c1-14(2)18-12-23-13-19(18)25-20-15(10-22)11-24-21-17(20)8-9-26(21)29(27,28)16-6-4-3-5-7-16/h3-9,11,14,18-19,23H,12-13H2,1-2H3,(H,24,25)/t18-,19-/m1/s1. The van der Waals surface area contributed by atoms with Gasteiger partial charge in [-0.2, -0.15) is 5.26 Å². The maximum Gasteiger partial charge on any atom is 0.269 e. The van der Waals surface area contributed by atoms with Gasteiger partial charge in [-0.05, 0) is 30.0 Å². The molecule has 150 valence electrons. The predicted molar refractivity (Wildman–Crippen MR) is 112 cm³/mol. The molecule has 2 aromatic heterocycles. The van der Waals surface area contributed by atoms with Crippen LogP contribution < -0.4 is 10.6 Å². The van der Waals surface area contributed by atoms with Crippen molar-refractivity contribution >= 4 is 26.7 Å². The van der Waals surface area contributed by atoms with Gasteiger partial charge in [0.25, 0.3) is 10.0 Å². The van der Waals surface area contributed by atoms with Crippen LogP contribution >= 0.6 is 0 Å². The second kappa shape index (κ2) is 7.50. The maximum absolute atomic E-state index is 13.1. The molecular formula is C21H23N5O2S. The summed E-state index contributed by atoms with van der Waals surface area (Å²) in [6, 6.07) is 12.3. The van der Waals surface area contributed by atoms with Crippen molar-refractivity contribution in [3.05, 3.63) is 54.4 Å². The van der Waals surface area contributed by atoms with Gasteiger partial charge in [0.2, 0.25) is 0 Å². The van der Waals surface area contributed by atoms with E-state index in [-0.39, 0.29) is 10.9 Å².